The lowest BCUT2D eigenvalue weighted by molar-refractivity contribution is 0.566. The Hall–Kier alpha value is -1.22. The number of hydrogen-bond donors (Lipinski definition) is 1. The summed E-state index contributed by atoms with van der Waals surface area (Å²) in [4.78, 5) is 4.68. The first-order valence-electron chi connectivity index (χ1n) is 6.63. The molecule has 1 aliphatic rings. The van der Waals surface area contributed by atoms with Crippen LogP contribution in [0.15, 0.2) is 18.2 Å². The van der Waals surface area contributed by atoms with Gasteiger partial charge in [-0.25, -0.2) is 0 Å². The maximum Gasteiger partial charge on any atom is 0.0642 e. The minimum atomic E-state index is 0.150. The quantitative estimate of drug-likeness (QED) is 0.826. The summed E-state index contributed by atoms with van der Waals surface area (Å²) in [5, 5.41) is 0. The summed E-state index contributed by atoms with van der Waals surface area (Å²) in [5.74, 6) is 0. The van der Waals surface area contributed by atoms with Crippen LogP contribution in [0.5, 0.6) is 0 Å². The molecule has 2 rings (SSSR count). The van der Waals surface area contributed by atoms with Gasteiger partial charge in [0, 0.05) is 27.2 Å². The predicted molar refractivity (Wildman–Crippen MR) is 79.7 cm³/mol. The van der Waals surface area contributed by atoms with Crippen LogP contribution in [-0.4, -0.2) is 33.2 Å². The van der Waals surface area contributed by atoms with Crippen molar-refractivity contribution in [2.45, 2.75) is 32.2 Å². The maximum atomic E-state index is 5.90. The molecule has 3 nitrogen and oxygen atoms in total. The van der Waals surface area contributed by atoms with E-state index in [2.05, 4.69) is 62.9 Å². The molecule has 0 aliphatic carbocycles. The Morgan fingerprint density at radius 3 is 2.50 bits per heavy atom. The van der Waals surface area contributed by atoms with Gasteiger partial charge in [-0.2, -0.15) is 0 Å². The first-order chi connectivity index (χ1) is 8.36. The first kappa shape index (κ1) is 13.2. The number of para-hydroxylation sites is 1. The second kappa shape index (κ2) is 4.47. The average molecular weight is 247 g/mol. The van der Waals surface area contributed by atoms with Gasteiger partial charge in [0.15, 0.2) is 0 Å². The largest absolute Gasteiger partial charge is 0.371 e. The van der Waals surface area contributed by atoms with Crippen molar-refractivity contribution in [2.75, 3.05) is 37.0 Å². The molecule has 0 saturated heterocycles. The van der Waals surface area contributed by atoms with Gasteiger partial charge in [0.25, 0.3) is 0 Å². The molecule has 3 heteroatoms. The number of likely N-dealkylation sites (N-methyl/N-ethyl adjacent to an activating group) is 2. The van der Waals surface area contributed by atoms with Crippen molar-refractivity contribution in [3.8, 4) is 0 Å². The lowest BCUT2D eigenvalue weighted by atomic mass is 9.84. The Morgan fingerprint density at radius 2 is 1.94 bits per heavy atom. The molecule has 1 aliphatic heterocycles. The fourth-order valence-electron chi connectivity index (χ4n) is 2.77. The Balaban J connectivity index is 2.59. The lowest BCUT2D eigenvalue weighted by Crippen LogP contribution is -2.50. The highest BCUT2D eigenvalue weighted by molar-refractivity contribution is 5.78. The van der Waals surface area contributed by atoms with Crippen molar-refractivity contribution in [3.05, 3.63) is 23.8 Å². The molecule has 1 heterocycles. The second-order valence-electron chi connectivity index (χ2n) is 6.30. The van der Waals surface area contributed by atoms with Crippen molar-refractivity contribution in [2.24, 2.45) is 5.73 Å². The average Bonchev–Trinajstić information content (AvgIpc) is 2.31. The highest BCUT2D eigenvalue weighted by atomic mass is 15.3. The second-order valence-corrected chi connectivity index (χ2v) is 6.30. The molecule has 0 aromatic heterocycles. The van der Waals surface area contributed by atoms with Crippen LogP contribution in [0.3, 0.4) is 0 Å². The van der Waals surface area contributed by atoms with E-state index in [1.165, 1.54) is 16.9 Å². The Labute approximate surface area is 111 Å². The van der Waals surface area contributed by atoms with E-state index in [0.717, 1.165) is 6.54 Å². The van der Waals surface area contributed by atoms with Crippen LogP contribution in [0.2, 0.25) is 0 Å². The summed E-state index contributed by atoms with van der Waals surface area (Å²) >= 11 is 0. The Kier molecular flexibility index (Phi) is 3.28. The smallest absolute Gasteiger partial charge is 0.0642 e. The number of nitrogens with zero attached hydrogens (tertiary/aromatic N) is 2. The lowest BCUT2D eigenvalue weighted by Gasteiger charge is -2.43. The van der Waals surface area contributed by atoms with E-state index >= 15 is 0 Å². The molecule has 0 fully saturated rings. The number of benzene rings is 1. The van der Waals surface area contributed by atoms with Crippen LogP contribution in [0.4, 0.5) is 11.4 Å². The predicted octanol–water partition coefficient (Wildman–Crippen LogP) is 2.20. The summed E-state index contributed by atoms with van der Waals surface area (Å²) in [6, 6.07) is 6.99. The first-order valence-corrected chi connectivity index (χ1v) is 6.63. The van der Waals surface area contributed by atoms with E-state index in [0.29, 0.717) is 12.6 Å². The topological polar surface area (TPSA) is 32.5 Å². The van der Waals surface area contributed by atoms with E-state index < -0.39 is 0 Å². The molecule has 0 saturated carbocycles. The van der Waals surface area contributed by atoms with Gasteiger partial charge in [-0.15, -0.1) is 0 Å². The molecule has 0 radical (unpaired) electrons. The summed E-state index contributed by atoms with van der Waals surface area (Å²) in [5.41, 5.74) is 10.1. The third-order valence-electron chi connectivity index (χ3n) is 3.89. The summed E-state index contributed by atoms with van der Waals surface area (Å²) < 4.78 is 0. The monoisotopic (exact) mass is 247 g/mol. The summed E-state index contributed by atoms with van der Waals surface area (Å²) in [6.07, 6.45) is 0. The van der Waals surface area contributed by atoms with Crippen LogP contribution >= 0.6 is 0 Å². The molecule has 18 heavy (non-hydrogen) atoms. The number of anilines is 2. The standard InChI is InChI=1S/C15H25N3/c1-15(2,3)12-7-6-8-13-14(12)18(5)11(9-16)10-17(13)4/h6-8,11H,9-10,16H2,1-5H3. The van der Waals surface area contributed by atoms with Crippen molar-refractivity contribution in [1.29, 1.82) is 0 Å². The zero-order valence-electron chi connectivity index (χ0n) is 12.2. The van der Waals surface area contributed by atoms with Gasteiger partial charge in [0.2, 0.25) is 0 Å². The highest BCUT2D eigenvalue weighted by Crippen LogP contribution is 2.41. The molecule has 1 unspecified atom stereocenters. The van der Waals surface area contributed by atoms with E-state index in [1.807, 2.05) is 0 Å². The van der Waals surface area contributed by atoms with Crippen LogP contribution in [0, 0.1) is 0 Å². The van der Waals surface area contributed by atoms with Gasteiger partial charge in [-0.1, -0.05) is 32.9 Å². The molecule has 100 valence electrons. The normalized spacial score (nSPS) is 20.0. The van der Waals surface area contributed by atoms with E-state index in [9.17, 15) is 0 Å². The number of hydrogen-bond acceptors (Lipinski definition) is 3. The van der Waals surface area contributed by atoms with E-state index in [1.54, 1.807) is 0 Å². The van der Waals surface area contributed by atoms with Crippen LogP contribution in [0.1, 0.15) is 26.3 Å². The molecule has 2 N–H and O–H groups in total. The molecule has 1 atom stereocenters. The van der Waals surface area contributed by atoms with Gasteiger partial charge in [0.1, 0.15) is 0 Å². The summed E-state index contributed by atoms with van der Waals surface area (Å²) in [7, 11) is 4.32. The molecular weight excluding hydrogens is 222 g/mol. The Bertz CT molecular complexity index is 434. The number of nitrogens with two attached hydrogens (primary N) is 1. The van der Waals surface area contributed by atoms with Gasteiger partial charge < -0.3 is 15.5 Å². The van der Waals surface area contributed by atoms with Crippen molar-refractivity contribution in [1.82, 2.24) is 0 Å². The molecule has 1 aromatic carbocycles. The minimum absolute atomic E-state index is 0.150. The fourth-order valence-corrected chi connectivity index (χ4v) is 2.77. The number of fused-ring (bicyclic) bond motifs is 1. The van der Waals surface area contributed by atoms with Gasteiger partial charge in [0.05, 0.1) is 17.4 Å². The van der Waals surface area contributed by atoms with Crippen molar-refractivity contribution < 1.29 is 0 Å². The SMILES string of the molecule is CN1CC(CN)N(C)c2c1cccc2C(C)(C)C. The van der Waals surface area contributed by atoms with E-state index in [4.69, 9.17) is 5.73 Å². The Morgan fingerprint density at radius 1 is 1.28 bits per heavy atom. The molecule has 0 bridgehead atoms. The molecule has 0 spiro atoms. The fraction of sp³-hybridized carbons (Fsp3) is 0.600. The van der Waals surface area contributed by atoms with Crippen molar-refractivity contribution in [3.63, 3.8) is 0 Å². The third kappa shape index (κ3) is 2.07. The molecular formula is C15H25N3. The van der Waals surface area contributed by atoms with Crippen molar-refractivity contribution >= 4 is 11.4 Å². The number of rotatable bonds is 1. The van der Waals surface area contributed by atoms with Crippen LogP contribution in [0.25, 0.3) is 0 Å². The zero-order valence-corrected chi connectivity index (χ0v) is 12.2. The molecule has 0 amide bonds. The van der Waals surface area contributed by atoms with Gasteiger partial charge in [-0.05, 0) is 17.0 Å². The summed E-state index contributed by atoms with van der Waals surface area (Å²) in [6.45, 7) is 8.49. The highest BCUT2D eigenvalue weighted by Gasteiger charge is 2.30. The minimum Gasteiger partial charge on any atom is -0.371 e. The zero-order chi connectivity index (χ0) is 13.5. The van der Waals surface area contributed by atoms with E-state index in [-0.39, 0.29) is 5.41 Å². The van der Waals surface area contributed by atoms with Gasteiger partial charge >= 0.3 is 0 Å². The van der Waals surface area contributed by atoms with Crippen LogP contribution in [-0.2, 0) is 5.41 Å². The van der Waals surface area contributed by atoms with Crippen LogP contribution < -0.4 is 15.5 Å². The third-order valence-corrected chi connectivity index (χ3v) is 3.89. The molecule has 1 aromatic rings. The van der Waals surface area contributed by atoms with Gasteiger partial charge in [-0.3, -0.25) is 0 Å². The maximum absolute atomic E-state index is 5.90.